The van der Waals surface area contributed by atoms with Crippen LogP contribution in [0.3, 0.4) is 0 Å². The molecule has 2 atom stereocenters. The Balaban J connectivity index is 1.53. The van der Waals surface area contributed by atoms with Gasteiger partial charge in [-0.25, -0.2) is 4.39 Å². The average Bonchev–Trinajstić information content (AvgIpc) is 3.60. The SMILES string of the molecule is CC(C)CC(C(=O)NC1CCCC1)N(CC1CCCO1)C(=O)Cn1nnc(-c2ccccc2F)n1. The number of carbonyl (C=O) groups is 2. The molecule has 1 aromatic carbocycles. The first-order chi connectivity index (χ1) is 16.9. The van der Waals surface area contributed by atoms with Crippen LogP contribution < -0.4 is 5.32 Å². The number of halogens is 1. The summed E-state index contributed by atoms with van der Waals surface area (Å²) < 4.78 is 19.9. The lowest BCUT2D eigenvalue weighted by atomic mass is 10.00. The van der Waals surface area contributed by atoms with Crippen molar-refractivity contribution in [1.82, 2.24) is 30.4 Å². The Morgan fingerprint density at radius 3 is 2.66 bits per heavy atom. The molecule has 4 rings (SSSR count). The fourth-order valence-corrected chi connectivity index (χ4v) is 4.87. The van der Waals surface area contributed by atoms with Crippen molar-refractivity contribution in [2.24, 2.45) is 5.92 Å². The maximum atomic E-state index is 14.1. The molecular formula is C25H35FN6O3. The molecule has 1 aliphatic heterocycles. The van der Waals surface area contributed by atoms with Gasteiger partial charge in [0.05, 0.1) is 11.7 Å². The van der Waals surface area contributed by atoms with Crippen LogP contribution >= 0.6 is 0 Å². The molecule has 1 aliphatic carbocycles. The highest BCUT2D eigenvalue weighted by atomic mass is 19.1. The molecule has 2 fully saturated rings. The number of benzene rings is 1. The van der Waals surface area contributed by atoms with Crippen LogP contribution in [-0.2, 0) is 20.9 Å². The van der Waals surface area contributed by atoms with Gasteiger partial charge in [0.2, 0.25) is 17.6 Å². The molecule has 10 heteroatoms. The molecule has 1 N–H and O–H groups in total. The van der Waals surface area contributed by atoms with Crippen molar-refractivity contribution in [3.8, 4) is 11.4 Å². The van der Waals surface area contributed by atoms with Crippen LogP contribution in [-0.4, -0.2) is 68.3 Å². The number of rotatable bonds is 10. The molecule has 1 saturated carbocycles. The zero-order valence-electron chi connectivity index (χ0n) is 20.5. The van der Waals surface area contributed by atoms with Gasteiger partial charge >= 0.3 is 0 Å². The van der Waals surface area contributed by atoms with Gasteiger partial charge in [-0.1, -0.05) is 38.8 Å². The Morgan fingerprint density at radius 2 is 1.97 bits per heavy atom. The number of hydrogen-bond donors (Lipinski definition) is 1. The van der Waals surface area contributed by atoms with Gasteiger partial charge in [-0.05, 0) is 55.4 Å². The zero-order valence-corrected chi connectivity index (χ0v) is 20.5. The van der Waals surface area contributed by atoms with E-state index in [1.54, 1.807) is 23.1 Å². The highest BCUT2D eigenvalue weighted by Gasteiger charge is 2.35. The Morgan fingerprint density at radius 1 is 1.20 bits per heavy atom. The van der Waals surface area contributed by atoms with Crippen molar-refractivity contribution in [1.29, 1.82) is 0 Å². The van der Waals surface area contributed by atoms with Crippen molar-refractivity contribution in [3.63, 3.8) is 0 Å². The van der Waals surface area contributed by atoms with E-state index in [4.69, 9.17) is 4.74 Å². The molecule has 2 aliphatic rings. The van der Waals surface area contributed by atoms with E-state index in [1.807, 2.05) is 13.8 Å². The first-order valence-corrected chi connectivity index (χ1v) is 12.6. The van der Waals surface area contributed by atoms with Crippen LogP contribution in [0.15, 0.2) is 24.3 Å². The third-order valence-electron chi connectivity index (χ3n) is 6.66. The van der Waals surface area contributed by atoms with E-state index in [1.165, 1.54) is 6.07 Å². The van der Waals surface area contributed by atoms with Gasteiger partial charge < -0.3 is 15.0 Å². The van der Waals surface area contributed by atoms with Gasteiger partial charge in [-0.15, -0.1) is 10.2 Å². The third-order valence-corrected chi connectivity index (χ3v) is 6.66. The lowest BCUT2D eigenvalue weighted by molar-refractivity contribution is -0.144. The highest BCUT2D eigenvalue weighted by molar-refractivity contribution is 5.87. The lowest BCUT2D eigenvalue weighted by Crippen LogP contribution is -2.54. The Kier molecular flexibility index (Phi) is 8.43. The second-order valence-corrected chi connectivity index (χ2v) is 9.94. The number of hydrogen-bond acceptors (Lipinski definition) is 6. The Hall–Kier alpha value is -2.88. The van der Waals surface area contributed by atoms with Crippen LogP contribution in [0.2, 0.25) is 0 Å². The van der Waals surface area contributed by atoms with Gasteiger partial charge in [-0.2, -0.15) is 4.80 Å². The molecule has 190 valence electrons. The third kappa shape index (κ3) is 6.62. The van der Waals surface area contributed by atoms with Crippen molar-refractivity contribution in [2.45, 2.75) is 83.5 Å². The molecule has 1 aromatic heterocycles. The van der Waals surface area contributed by atoms with E-state index in [-0.39, 0.29) is 47.8 Å². The summed E-state index contributed by atoms with van der Waals surface area (Å²) in [5, 5.41) is 15.3. The van der Waals surface area contributed by atoms with E-state index in [2.05, 4.69) is 20.7 Å². The summed E-state index contributed by atoms with van der Waals surface area (Å²) >= 11 is 0. The van der Waals surface area contributed by atoms with Crippen LogP contribution in [0.25, 0.3) is 11.4 Å². The number of nitrogens with one attached hydrogen (secondary N) is 1. The summed E-state index contributed by atoms with van der Waals surface area (Å²) in [6.45, 7) is 4.89. The maximum Gasteiger partial charge on any atom is 0.247 e. The minimum atomic E-state index is -0.609. The second-order valence-electron chi connectivity index (χ2n) is 9.94. The van der Waals surface area contributed by atoms with E-state index < -0.39 is 11.9 Å². The topological polar surface area (TPSA) is 102 Å². The number of ether oxygens (including phenoxy) is 1. The summed E-state index contributed by atoms with van der Waals surface area (Å²) in [7, 11) is 0. The van der Waals surface area contributed by atoms with Crippen LogP contribution in [0, 0.1) is 11.7 Å². The summed E-state index contributed by atoms with van der Waals surface area (Å²) in [6.07, 6.45) is 6.39. The first-order valence-electron chi connectivity index (χ1n) is 12.6. The van der Waals surface area contributed by atoms with Crippen molar-refractivity contribution in [2.75, 3.05) is 13.2 Å². The Bertz CT molecular complexity index is 1000. The first kappa shape index (κ1) is 25.2. The predicted octanol–water partition coefficient (Wildman–Crippen LogP) is 2.96. The van der Waals surface area contributed by atoms with Gasteiger partial charge in [0.25, 0.3) is 0 Å². The van der Waals surface area contributed by atoms with Crippen molar-refractivity contribution < 1.29 is 18.7 Å². The van der Waals surface area contributed by atoms with Crippen LogP contribution in [0.4, 0.5) is 4.39 Å². The minimum Gasteiger partial charge on any atom is -0.376 e. The number of tetrazole rings is 1. The molecule has 2 amide bonds. The molecule has 2 heterocycles. The van der Waals surface area contributed by atoms with E-state index >= 15 is 0 Å². The molecule has 9 nitrogen and oxygen atoms in total. The molecule has 2 unspecified atom stereocenters. The predicted molar refractivity (Wildman–Crippen MR) is 128 cm³/mol. The normalized spacial score (nSPS) is 19.3. The zero-order chi connectivity index (χ0) is 24.8. The smallest absolute Gasteiger partial charge is 0.247 e. The maximum absolute atomic E-state index is 14.1. The summed E-state index contributed by atoms with van der Waals surface area (Å²) in [6, 6.07) is 5.71. The number of nitrogens with zero attached hydrogens (tertiary/aromatic N) is 5. The Labute approximate surface area is 205 Å². The lowest BCUT2D eigenvalue weighted by Gasteiger charge is -2.34. The molecule has 0 bridgehead atoms. The molecule has 0 spiro atoms. The van der Waals surface area contributed by atoms with Crippen LogP contribution in [0.1, 0.15) is 58.8 Å². The van der Waals surface area contributed by atoms with Gasteiger partial charge in [-0.3, -0.25) is 9.59 Å². The van der Waals surface area contributed by atoms with Crippen LogP contribution in [0.5, 0.6) is 0 Å². The monoisotopic (exact) mass is 486 g/mol. The fraction of sp³-hybridized carbons (Fsp3) is 0.640. The molecule has 35 heavy (non-hydrogen) atoms. The van der Waals surface area contributed by atoms with E-state index in [0.29, 0.717) is 19.6 Å². The molecule has 2 aromatic rings. The standard InChI is InChI=1S/C25H35FN6O3/c1-17(2)14-22(25(34)27-18-8-3-4-9-18)31(15-19-10-7-13-35-19)23(33)16-32-29-24(28-30-32)20-11-5-6-12-21(20)26/h5-6,11-12,17-19,22H,3-4,7-10,13-16H2,1-2H3,(H,27,34). The van der Waals surface area contributed by atoms with Gasteiger partial charge in [0.1, 0.15) is 18.4 Å². The van der Waals surface area contributed by atoms with Crippen molar-refractivity contribution in [3.05, 3.63) is 30.1 Å². The number of aromatic nitrogens is 4. The average molecular weight is 487 g/mol. The fourth-order valence-electron chi connectivity index (χ4n) is 4.87. The number of carbonyl (C=O) groups excluding carboxylic acids is 2. The summed E-state index contributed by atoms with van der Waals surface area (Å²) in [5.41, 5.74) is 0.219. The molecule has 1 saturated heterocycles. The molecular weight excluding hydrogens is 451 g/mol. The summed E-state index contributed by atoms with van der Waals surface area (Å²) in [5.74, 6) is -0.537. The van der Waals surface area contributed by atoms with E-state index in [9.17, 15) is 14.0 Å². The quantitative estimate of drug-likeness (QED) is 0.554. The second kappa shape index (κ2) is 11.7. The largest absolute Gasteiger partial charge is 0.376 e. The number of amides is 2. The van der Waals surface area contributed by atoms with Gasteiger partial charge in [0, 0.05) is 19.2 Å². The van der Waals surface area contributed by atoms with E-state index in [0.717, 1.165) is 43.3 Å². The highest BCUT2D eigenvalue weighted by Crippen LogP contribution is 2.22. The molecule has 0 radical (unpaired) electrons. The summed E-state index contributed by atoms with van der Waals surface area (Å²) in [4.78, 5) is 29.8. The van der Waals surface area contributed by atoms with Gasteiger partial charge in [0.15, 0.2) is 0 Å². The van der Waals surface area contributed by atoms with Crippen molar-refractivity contribution >= 4 is 11.8 Å². The minimum absolute atomic E-state index is 0.106.